The van der Waals surface area contributed by atoms with Crippen LogP contribution >= 0.6 is 11.3 Å². The van der Waals surface area contributed by atoms with Crippen LogP contribution in [-0.4, -0.2) is 80.1 Å². The van der Waals surface area contributed by atoms with Gasteiger partial charge in [0.15, 0.2) is 20.7 Å². The van der Waals surface area contributed by atoms with Crippen LogP contribution in [0.4, 0.5) is 5.13 Å². The monoisotopic (exact) mass is 604 g/mol. The number of nitrogens with one attached hydrogen (secondary N) is 1. The first-order valence-electron chi connectivity index (χ1n) is 14.1. The number of rotatable bonds is 12. The van der Waals surface area contributed by atoms with Crippen LogP contribution in [0.15, 0.2) is 40.5 Å². The second-order valence-corrected chi connectivity index (χ2v) is 14.0. The number of thiazole rings is 1. The molecule has 0 atom stereocenters. The van der Waals surface area contributed by atoms with Crippen molar-refractivity contribution in [3.8, 4) is 0 Å². The Balaban J connectivity index is 1.19. The zero-order valence-corrected chi connectivity index (χ0v) is 24.8. The predicted octanol–water partition coefficient (Wildman–Crippen LogP) is 3.54. The summed E-state index contributed by atoms with van der Waals surface area (Å²) in [6, 6.07) is 6.25. The SMILES string of the molecule is COCC(=O)N1CCC(OCc2cnc(NC(=O)/C(=N/OC3CCCC3)c3ccc(S(=O)(=O)C4CC4)cc3)s2)CC1. The molecule has 2 amide bonds. The van der Waals surface area contributed by atoms with Crippen LogP contribution in [-0.2, 0) is 40.3 Å². The van der Waals surface area contributed by atoms with E-state index >= 15 is 0 Å². The normalized spacial score (nSPS) is 19.0. The smallest absolute Gasteiger partial charge is 0.280 e. The molecule has 1 aromatic heterocycles. The second-order valence-electron chi connectivity index (χ2n) is 10.6. The van der Waals surface area contributed by atoms with Crippen molar-refractivity contribution in [3.63, 3.8) is 0 Å². The summed E-state index contributed by atoms with van der Waals surface area (Å²) < 4.78 is 36.2. The number of hydrogen-bond acceptors (Lipinski definition) is 10. The van der Waals surface area contributed by atoms with Gasteiger partial charge in [-0.15, -0.1) is 0 Å². The predicted molar refractivity (Wildman–Crippen MR) is 154 cm³/mol. The number of oxime groups is 1. The van der Waals surface area contributed by atoms with E-state index in [2.05, 4.69) is 15.5 Å². The number of nitrogens with zero attached hydrogens (tertiary/aromatic N) is 3. The van der Waals surface area contributed by atoms with Crippen molar-refractivity contribution in [1.82, 2.24) is 9.88 Å². The number of carbonyl (C=O) groups excluding carboxylic acids is 2. The summed E-state index contributed by atoms with van der Waals surface area (Å²) in [5.41, 5.74) is 0.528. The Bertz CT molecular complexity index is 1340. The van der Waals surface area contributed by atoms with Gasteiger partial charge in [0.25, 0.3) is 5.91 Å². The molecule has 3 aliphatic rings. The van der Waals surface area contributed by atoms with Gasteiger partial charge in [-0.3, -0.25) is 14.9 Å². The molecule has 2 aliphatic carbocycles. The third-order valence-electron chi connectivity index (χ3n) is 7.53. The van der Waals surface area contributed by atoms with Crippen LogP contribution in [0.2, 0.25) is 0 Å². The van der Waals surface area contributed by atoms with E-state index in [1.165, 1.54) is 30.6 Å². The van der Waals surface area contributed by atoms with Crippen molar-refractivity contribution >= 4 is 43.8 Å². The maximum absolute atomic E-state index is 13.3. The number of ether oxygens (including phenoxy) is 2. The minimum atomic E-state index is -3.34. The van der Waals surface area contributed by atoms with Gasteiger partial charge in [-0.1, -0.05) is 28.6 Å². The molecule has 2 aromatic rings. The molecule has 3 fully saturated rings. The van der Waals surface area contributed by atoms with E-state index in [9.17, 15) is 18.0 Å². The summed E-state index contributed by atoms with van der Waals surface area (Å²) in [4.78, 5) is 38.2. The van der Waals surface area contributed by atoms with Crippen molar-refractivity contribution in [2.75, 3.05) is 32.1 Å². The highest BCUT2D eigenvalue weighted by atomic mass is 32.2. The Hall–Kier alpha value is -2.87. The average molecular weight is 605 g/mol. The van der Waals surface area contributed by atoms with Gasteiger partial charge in [0.2, 0.25) is 5.91 Å². The Labute approximate surface area is 244 Å². The minimum absolute atomic E-state index is 0.00965. The third-order valence-corrected chi connectivity index (χ3v) is 10.7. The highest BCUT2D eigenvalue weighted by Crippen LogP contribution is 2.33. The van der Waals surface area contributed by atoms with Crippen molar-refractivity contribution in [3.05, 3.63) is 40.9 Å². The van der Waals surface area contributed by atoms with E-state index < -0.39 is 15.7 Å². The molecule has 0 unspecified atom stereocenters. The summed E-state index contributed by atoms with van der Waals surface area (Å²) in [5.74, 6) is -0.500. The van der Waals surface area contributed by atoms with E-state index in [1.54, 1.807) is 23.2 Å². The fraction of sp³-hybridized carbons (Fsp3) is 0.571. The fourth-order valence-electron chi connectivity index (χ4n) is 4.99. The van der Waals surface area contributed by atoms with Crippen LogP contribution in [0.3, 0.4) is 0 Å². The fourth-order valence-corrected chi connectivity index (χ4v) is 7.38. The molecular weight excluding hydrogens is 568 g/mol. The minimum Gasteiger partial charge on any atom is -0.392 e. The molecule has 0 radical (unpaired) electrons. The van der Waals surface area contributed by atoms with Crippen LogP contribution < -0.4 is 5.32 Å². The van der Waals surface area contributed by atoms with Gasteiger partial charge in [0.1, 0.15) is 12.7 Å². The van der Waals surface area contributed by atoms with E-state index in [4.69, 9.17) is 14.3 Å². The molecule has 2 saturated carbocycles. The molecule has 1 aliphatic heterocycles. The number of amides is 2. The zero-order chi connectivity index (χ0) is 28.8. The number of hydrogen-bond donors (Lipinski definition) is 1. The van der Waals surface area contributed by atoms with Crippen LogP contribution in [0.1, 0.15) is 61.8 Å². The summed E-state index contributed by atoms with van der Waals surface area (Å²) in [5, 5.41) is 7.11. The largest absolute Gasteiger partial charge is 0.392 e. The lowest BCUT2D eigenvalue weighted by Gasteiger charge is -2.31. The van der Waals surface area contributed by atoms with Crippen molar-refractivity contribution < 1.29 is 32.3 Å². The van der Waals surface area contributed by atoms with E-state index in [0.29, 0.717) is 43.2 Å². The van der Waals surface area contributed by atoms with Crippen molar-refractivity contribution in [2.24, 2.45) is 5.16 Å². The molecule has 11 nitrogen and oxygen atoms in total. The maximum atomic E-state index is 13.3. The average Bonchev–Trinajstić information content (AvgIpc) is 3.55. The molecule has 1 aromatic carbocycles. The molecule has 0 bridgehead atoms. The topological polar surface area (TPSA) is 136 Å². The lowest BCUT2D eigenvalue weighted by molar-refractivity contribution is -0.137. The van der Waals surface area contributed by atoms with Crippen LogP contribution in [0.5, 0.6) is 0 Å². The number of methoxy groups -OCH3 is 1. The number of piperidine rings is 1. The summed E-state index contributed by atoms with van der Waals surface area (Å²) in [6.07, 6.45) is 8.43. The third kappa shape index (κ3) is 7.70. The highest BCUT2D eigenvalue weighted by molar-refractivity contribution is 7.92. The van der Waals surface area contributed by atoms with Gasteiger partial charge in [-0.25, -0.2) is 13.4 Å². The molecule has 41 heavy (non-hydrogen) atoms. The van der Waals surface area contributed by atoms with E-state index in [0.717, 1.165) is 43.4 Å². The first-order chi connectivity index (χ1) is 19.8. The number of aromatic nitrogens is 1. The lowest BCUT2D eigenvalue weighted by atomic mass is 10.1. The molecule has 5 rings (SSSR count). The van der Waals surface area contributed by atoms with Crippen molar-refractivity contribution in [2.45, 2.75) is 80.3 Å². The Morgan fingerprint density at radius 3 is 2.41 bits per heavy atom. The second kappa shape index (κ2) is 13.4. The first kappa shape index (κ1) is 29.6. The summed E-state index contributed by atoms with van der Waals surface area (Å²) in [6.45, 7) is 1.71. The number of anilines is 1. The van der Waals surface area contributed by atoms with Gasteiger partial charge in [-0.05, 0) is 63.5 Å². The molecule has 1 N–H and O–H groups in total. The summed E-state index contributed by atoms with van der Waals surface area (Å²) in [7, 11) is -1.82. The molecule has 1 saturated heterocycles. The Morgan fingerprint density at radius 1 is 1.05 bits per heavy atom. The van der Waals surface area contributed by atoms with E-state index in [-0.39, 0.29) is 40.6 Å². The number of carbonyl (C=O) groups is 2. The Morgan fingerprint density at radius 2 is 1.76 bits per heavy atom. The van der Waals surface area contributed by atoms with Gasteiger partial charge in [0.05, 0.1) is 27.7 Å². The summed E-state index contributed by atoms with van der Waals surface area (Å²) >= 11 is 1.31. The van der Waals surface area contributed by atoms with Gasteiger partial charge >= 0.3 is 0 Å². The van der Waals surface area contributed by atoms with Crippen LogP contribution in [0, 0.1) is 0 Å². The quantitative estimate of drug-likeness (QED) is 0.287. The standard InChI is InChI=1S/C28H36N4O7S2/c1-37-18-25(33)32-14-12-20(13-15-32)38-17-22-16-29-28(40-22)30-27(34)26(31-39-21-4-2-3-5-21)19-6-8-23(9-7-19)41(35,36)24-10-11-24/h6-9,16,20-21,24H,2-5,10-15,17-18H2,1H3,(H,29,30,34)/b31-26+. The zero-order valence-electron chi connectivity index (χ0n) is 23.1. The van der Waals surface area contributed by atoms with E-state index in [1.807, 2.05) is 0 Å². The maximum Gasteiger partial charge on any atom is 0.280 e. The number of sulfone groups is 1. The molecular formula is C28H36N4O7S2. The first-order valence-corrected chi connectivity index (χ1v) is 16.4. The number of likely N-dealkylation sites (tertiary alicyclic amines) is 1. The Kier molecular flexibility index (Phi) is 9.68. The van der Waals surface area contributed by atoms with Crippen molar-refractivity contribution in [1.29, 1.82) is 0 Å². The molecule has 222 valence electrons. The lowest BCUT2D eigenvalue weighted by Crippen LogP contribution is -2.42. The van der Waals surface area contributed by atoms with Gasteiger partial charge in [0, 0.05) is 32.0 Å². The molecule has 13 heteroatoms. The van der Waals surface area contributed by atoms with Gasteiger partial charge < -0.3 is 19.2 Å². The van der Waals surface area contributed by atoms with Crippen LogP contribution in [0.25, 0.3) is 0 Å². The molecule has 2 heterocycles. The van der Waals surface area contributed by atoms with Gasteiger partial charge in [-0.2, -0.15) is 0 Å². The highest BCUT2D eigenvalue weighted by Gasteiger charge is 2.37. The number of benzene rings is 1. The molecule has 0 spiro atoms.